The lowest BCUT2D eigenvalue weighted by Crippen LogP contribution is -2.19. The second-order valence-corrected chi connectivity index (χ2v) is 9.28. The number of aryl methyl sites for hydroxylation is 2. The highest BCUT2D eigenvalue weighted by atomic mass is 32.2. The van der Waals surface area contributed by atoms with Gasteiger partial charge in [-0.05, 0) is 31.0 Å². The van der Waals surface area contributed by atoms with Crippen LogP contribution in [0.1, 0.15) is 27.9 Å². The van der Waals surface area contributed by atoms with Gasteiger partial charge in [-0.1, -0.05) is 48.0 Å². The summed E-state index contributed by atoms with van der Waals surface area (Å²) >= 11 is 0. The van der Waals surface area contributed by atoms with Crippen molar-refractivity contribution in [3.63, 3.8) is 0 Å². The highest BCUT2D eigenvalue weighted by Crippen LogP contribution is 2.33. The van der Waals surface area contributed by atoms with Crippen LogP contribution in [0.3, 0.4) is 0 Å². The monoisotopic (exact) mass is 395 g/mol. The van der Waals surface area contributed by atoms with Gasteiger partial charge in [0.05, 0.1) is 29.3 Å². The van der Waals surface area contributed by atoms with Crippen molar-refractivity contribution in [3.05, 3.63) is 76.5 Å². The molecule has 3 aromatic rings. The molecule has 0 fully saturated rings. The van der Waals surface area contributed by atoms with E-state index in [1.807, 2.05) is 62.4 Å². The molecule has 6 nitrogen and oxygen atoms in total. The van der Waals surface area contributed by atoms with Gasteiger partial charge in [0, 0.05) is 5.56 Å². The number of hydrogen-bond donors (Lipinski definition) is 1. The third-order valence-electron chi connectivity index (χ3n) is 4.83. The van der Waals surface area contributed by atoms with Crippen molar-refractivity contribution in [2.75, 3.05) is 5.32 Å². The number of carbonyl (C=O) groups excluding carboxylic acids is 1. The van der Waals surface area contributed by atoms with E-state index in [0.29, 0.717) is 17.1 Å². The summed E-state index contributed by atoms with van der Waals surface area (Å²) in [6.45, 7) is 3.98. The Morgan fingerprint density at radius 1 is 1.11 bits per heavy atom. The van der Waals surface area contributed by atoms with Crippen molar-refractivity contribution in [1.82, 2.24) is 9.78 Å². The zero-order chi connectivity index (χ0) is 19.9. The van der Waals surface area contributed by atoms with Crippen molar-refractivity contribution in [1.29, 1.82) is 0 Å². The topological polar surface area (TPSA) is 81.1 Å². The van der Waals surface area contributed by atoms with Gasteiger partial charge < -0.3 is 5.32 Å². The number of hydrogen-bond acceptors (Lipinski definition) is 4. The van der Waals surface area contributed by atoms with E-state index < -0.39 is 9.84 Å². The Morgan fingerprint density at radius 2 is 1.86 bits per heavy atom. The average Bonchev–Trinajstić information content (AvgIpc) is 3.08. The fourth-order valence-electron chi connectivity index (χ4n) is 3.55. The molecule has 0 aliphatic carbocycles. The quantitative estimate of drug-likeness (QED) is 0.736. The summed E-state index contributed by atoms with van der Waals surface area (Å²) < 4.78 is 25.8. The first-order valence-corrected chi connectivity index (χ1v) is 10.9. The molecule has 4 rings (SSSR count). The molecule has 0 radical (unpaired) electrons. The Morgan fingerprint density at radius 3 is 2.57 bits per heavy atom. The minimum Gasteiger partial charge on any atom is -0.310 e. The van der Waals surface area contributed by atoms with Gasteiger partial charge in [0.25, 0.3) is 0 Å². The van der Waals surface area contributed by atoms with E-state index in [1.165, 1.54) is 0 Å². The zero-order valence-corrected chi connectivity index (χ0v) is 16.6. The number of fused-ring (bicyclic) bond motifs is 1. The van der Waals surface area contributed by atoms with Crippen molar-refractivity contribution in [2.45, 2.75) is 31.8 Å². The molecule has 28 heavy (non-hydrogen) atoms. The van der Waals surface area contributed by atoms with E-state index >= 15 is 0 Å². The number of benzene rings is 2. The van der Waals surface area contributed by atoms with Crippen molar-refractivity contribution < 1.29 is 13.2 Å². The first-order valence-electron chi connectivity index (χ1n) is 9.05. The normalized spacial score (nSPS) is 14.6. The van der Waals surface area contributed by atoms with E-state index in [9.17, 15) is 13.2 Å². The molecule has 0 bridgehead atoms. The standard InChI is InChI=1S/C21H21N3O3S/c1-14-8-9-19(15(2)10-14)24-21(17-12-28(26,27)13-18(17)23-24)22-20(25)11-16-6-4-3-5-7-16/h3-10H,11-13H2,1-2H3,(H,22,25). The molecule has 1 aliphatic rings. The second kappa shape index (κ2) is 6.91. The summed E-state index contributed by atoms with van der Waals surface area (Å²) in [5.41, 5.74) is 4.94. The van der Waals surface area contributed by atoms with Gasteiger partial charge in [-0.15, -0.1) is 0 Å². The molecule has 144 valence electrons. The maximum absolute atomic E-state index is 12.7. The van der Waals surface area contributed by atoms with Crippen LogP contribution >= 0.6 is 0 Å². The Labute approximate surface area is 164 Å². The summed E-state index contributed by atoms with van der Waals surface area (Å²) in [4.78, 5) is 12.7. The number of amides is 1. The second-order valence-electron chi connectivity index (χ2n) is 7.22. The lowest BCUT2D eigenvalue weighted by molar-refractivity contribution is -0.115. The first kappa shape index (κ1) is 18.4. The van der Waals surface area contributed by atoms with Crippen LogP contribution in [-0.4, -0.2) is 24.1 Å². The summed E-state index contributed by atoms with van der Waals surface area (Å²) in [6, 6.07) is 15.4. The van der Waals surface area contributed by atoms with Gasteiger partial charge in [0.2, 0.25) is 5.91 Å². The predicted molar refractivity (Wildman–Crippen MR) is 108 cm³/mol. The number of rotatable bonds is 4. The van der Waals surface area contributed by atoms with Crippen LogP contribution in [0.2, 0.25) is 0 Å². The number of nitrogens with zero attached hydrogens (tertiary/aromatic N) is 2. The van der Waals surface area contributed by atoms with Gasteiger partial charge in [0.15, 0.2) is 9.84 Å². The number of anilines is 1. The van der Waals surface area contributed by atoms with Gasteiger partial charge in [-0.3, -0.25) is 4.79 Å². The Hall–Kier alpha value is -2.93. The van der Waals surface area contributed by atoms with Crippen molar-refractivity contribution >= 4 is 21.6 Å². The largest absolute Gasteiger partial charge is 0.310 e. The van der Waals surface area contributed by atoms with Gasteiger partial charge in [-0.2, -0.15) is 5.10 Å². The smallest absolute Gasteiger partial charge is 0.229 e. The Bertz CT molecular complexity index is 1170. The Kier molecular flexibility index (Phi) is 4.55. The molecule has 0 atom stereocenters. The third kappa shape index (κ3) is 3.57. The number of carbonyl (C=O) groups is 1. The molecular weight excluding hydrogens is 374 g/mol. The maximum Gasteiger partial charge on any atom is 0.229 e. The molecule has 2 aromatic carbocycles. The molecule has 2 heterocycles. The highest BCUT2D eigenvalue weighted by molar-refractivity contribution is 7.90. The van der Waals surface area contributed by atoms with Gasteiger partial charge in [0.1, 0.15) is 5.82 Å². The molecule has 0 spiro atoms. The van der Waals surface area contributed by atoms with E-state index in [0.717, 1.165) is 22.4 Å². The summed E-state index contributed by atoms with van der Waals surface area (Å²) in [7, 11) is -3.22. The van der Waals surface area contributed by atoms with E-state index in [4.69, 9.17) is 0 Å². The van der Waals surface area contributed by atoms with Crippen LogP contribution in [0, 0.1) is 13.8 Å². The molecule has 0 saturated carbocycles. The molecule has 1 aliphatic heterocycles. The molecular formula is C21H21N3O3S. The number of aromatic nitrogens is 2. The van der Waals surface area contributed by atoms with Crippen molar-refractivity contribution in [3.8, 4) is 5.69 Å². The molecule has 1 N–H and O–H groups in total. The van der Waals surface area contributed by atoms with Crippen LogP contribution in [0.15, 0.2) is 48.5 Å². The number of sulfone groups is 1. The minimum absolute atomic E-state index is 0.0954. The third-order valence-corrected chi connectivity index (χ3v) is 6.28. The Balaban J connectivity index is 1.73. The van der Waals surface area contributed by atoms with Crippen LogP contribution < -0.4 is 5.32 Å². The maximum atomic E-state index is 12.7. The molecule has 1 amide bonds. The molecule has 0 saturated heterocycles. The highest BCUT2D eigenvalue weighted by Gasteiger charge is 2.33. The fraction of sp³-hybridized carbons (Fsp3) is 0.238. The average molecular weight is 395 g/mol. The fourth-order valence-corrected chi connectivity index (χ4v) is 5.04. The van der Waals surface area contributed by atoms with Crippen LogP contribution in [0.5, 0.6) is 0 Å². The van der Waals surface area contributed by atoms with Crippen LogP contribution in [-0.2, 0) is 32.6 Å². The van der Waals surface area contributed by atoms with E-state index in [2.05, 4.69) is 10.4 Å². The molecule has 7 heteroatoms. The van der Waals surface area contributed by atoms with Crippen LogP contribution in [0.4, 0.5) is 5.82 Å². The lowest BCUT2D eigenvalue weighted by atomic mass is 10.1. The minimum atomic E-state index is -3.22. The van der Waals surface area contributed by atoms with Gasteiger partial charge in [-0.25, -0.2) is 13.1 Å². The van der Waals surface area contributed by atoms with E-state index in [-0.39, 0.29) is 23.8 Å². The molecule has 0 unspecified atom stereocenters. The predicted octanol–water partition coefficient (Wildman–Crippen LogP) is 3.10. The summed E-state index contributed by atoms with van der Waals surface area (Å²) in [6.07, 6.45) is 0.209. The molecule has 1 aromatic heterocycles. The summed E-state index contributed by atoms with van der Waals surface area (Å²) in [5, 5.41) is 7.44. The zero-order valence-electron chi connectivity index (χ0n) is 15.8. The lowest BCUT2D eigenvalue weighted by Gasteiger charge is -2.13. The summed E-state index contributed by atoms with van der Waals surface area (Å²) in [5.74, 6) is 0.0453. The first-order chi connectivity index (χ1) is 13.3. The van der Waals surface area contributed by atoms with Gasteiger partial charge >= 0.3 is 0 Å². The van der Waals surface area contributed by atoms with E-state index in [1.54, 1.807) is 4.68 Å². The van der Waals surface area contributed by atoms with Crippen molar-refractivity contribution in [2.24, 2.45) is 0 Å². The number of nitrogens with one attached hydrogen (secondary N) is 1. The van der Waals surface area contributed by atoms with Crippen LogP contribution in [0.25, 0.3) is 5.69 Å². The SMILES string of the molecule is Cc1ccc(-n2nc3c(c2NC(=O)Cc2ccccc2)CS(=O)(=O)C3)c(C)c1.